The molecule has 0 saturated carbocycles. The number of nitrogens with one attached hydrogen (secondary N) is 2. The van der Waals surface area contributed by atoms with E-state index in [4.69, 9.17) is 0 Å². The fraction of sp³-hybridized carbons (Fsp3) is 0.444. The number of hydrogen-bond donors (Lipinski definition) is 2. The normalized spacial score (nSPS) is 20.5. The third kappa shape index (κ3) is 4.23. The van der Waals surface area contributed by atoms with E-state index in [1.165, 1.54) is 13.3 Å². The molecule has 132 valence electrons. The third-order valence-electron chi connectivity index (χ3n) is 4.43. The number of nitrogens with zero attached hydrogens (tertiary/aromatic N) is 2. The zero-order valence-electron chi connectivity index (χ0n) is 14.2. The van der Waals surface area contributed by atoms with Crippen LogP contribution in [0.4, 0.5) is 5.69 Å². The van der Waals surface area contributed by atoms with Crippen LogP contribution in [0.15, 0.2) is 29.3 Å². The average molecular weight is 342 g/mol. The van der Waals surface area contributed by atoms with E-state index in [1.807, 2.05) is 4.90 Å². The van der Waals surface area contributed by atoms with Crippen LogP contribution < -0.4 is 10.6 Å². The molecule has 0 bridgehead atoms. The van der Waals surface area contributed by atoms with Gasteiger partial charge in [-0.15, -0.1) is 0 Å². The molecule has 7 nitrogen and oxygen atoms in total. The third-order valence-corrected chi connectivity index (χ3v) is 4.43. The van der Waals surface area contributed by atoms with Gasteiger partial charge >= 0.3 is 0 Å². The van der Waals surface area contributed by atoms with E-state index in [2.05, 4.69) is 15.6 Å². The van der Waals surface area contributed by atoms with Crippen LogP contribution in [-0.4, -0.2) is 47.6 Å². The van der Waals surface area contributed by atoms with Crippen LogP contribution in [0.25, 0.3) is 0 Å². The molecule has 0 aromatic heterocycles. The minimum absolute atomic E-state index is 0.0300. The number of rotatable bonds is 3. The lowest BCUT2D eigenvalue weighted by Gasteiger charge is -2.32. The lowest BCUT2D eigenvalue weighted by molar-refractivity contribution is -0.125. The van der Waals surface area contributed by atoms with E-state index in [1.54, 1.807) is 24.3 Å². The molecule has 1 aromatic carbocycles. The summed E-state index contributed by atoms with van der Waals surface area (Å²) in [6, 6.07) is 5.93. The van der Waals surface area contributed by atoms with Gasteiger partial charge in [-0.2, -0.15) is 0 Å². The molecular formula is C18H22N4O3. The Kier molecular flexibility index (Phi) is 5.11. The van der Waals surface area contributed by atoms with Gasteiger partial charge in [0.25, 0.3) is 0 Å². The highest BCUT2D eigenvalue weighted by Crippen LogP contribution is 2.15. The van der Waals surface area contributed by atoms with Gasteiger partial charge in [0, 0.05) is 24.3 Å². The number of Topliss-reactive ketones (excluding diaryl/α,β-unsaturated/α-hetero) is 1. The van der Waals surface area contributed by atoms with Crippen LogP contribution in [0, 0.1) is 0 Å². The standard InChI is InChI=1S/C18H22N4O3/c1-12(23)13-5-7-14(8-6-13)19-17(25)15-11-16(24)21-18(20-15)22-9-3-2-4-10-22/h5-8,15H,2-4,9-11H2,1H3,(H,19,25)(H,20,21,24)/t15-/m1/s1. The van der Waals surface area contributed by atoms with Crippen molar-refractivity contribution >= 4 is 29.2 Å². The Bertz CT molecular complexity index is 706. The number of piperidine rings is 1. The predicted octanol–water partition coefficient (Wildman–Crippen LogP) is 1.56. The monoisotopic (exact) mass is 342 g/mol. The second-order valence-electron chi connectivity index (χ2n) is 6.39. The van der Waals surface area contributed by atoms with Crippen molar-refractivity contribution in [1.29, 1.82) is 0 Å². The minimum Gasteiger partial charge on any atom is -0.343 e. The zero-order chi connectivity index (χ0) is 17.8. The fourth-order valence-electron chi connectivity index (χ4n) is 3.01. The van der Waals surface area contributed by atoms with Crippen molar-refractivity contribution in [2.45, 2.75) is 38.6 Å². The molecule has 0 aliphatic carbocycles. The lowest BCUT2D eigenvalue weighted by atomic mass is 10.1. The number of anilines is 1. The smallest absolute Gasteiger partial charge is 0.249 e. The number of likely N-dealkylation sites (tertiary alicyclic amines) is 1. The molecule has 1 aromatic rings. The van der Waals surface area contributed by atoms with Crippen LogP contribution in [0.1, 0.15) is 43.0 Å². The summed E-state index contributed by atoms with van der Waals surface area (Å²) in [7, 11) is 0. The quantitative estimate of drug-likeness (QED) is 0.816. The number of carbonyl (C=O) groups excluding carboxylic acids is 3. The summed E-state index contributed by atoms with van der Waals surface area (Å²) in [5.41, 5.74) is 1.16. The highest BCUT2D eigenvalue weighted by atomic mass is 16.2. The summed E-state index contributed by atoms with van der Waals surface area (Å²) in [4.78, 5) is 42.2. The highest BCUT2D eigenvalue weighted by Gasteiger charge is 2.29. The number of aliphatic imine (C=N–C) groups is 1. The van der Waals surface area contributed by atoms with Crippen molar-refractivity contribution in [2.75, 3.05) is 18.4 Å². The topological polar surface area (TPSA) is 90.9 Å². The number of carbonyl (C=O) groups is 3. The van der Waals surface area contributed by atoms with Crippen molar-refractivity contribution < 1.29 is 14.4 Å². The summed E-state index contributed by atoms with van der Waals surface area (Å²) in [5, 5.41) is 5.54. The molecule has 2 N–H and O–H groups in total. The average Bonchev–Trinajstić information content (AvgIpc) is 2.62. The van der Waals surface area contributed by atoms with Crippen molar-refractivity contribution in [3.63, 3.8) is 0 Å². The first kappa shape index (κ1) is 17.1. The molecule has 2 heterocycles. The molecule has 2 aliphatic heterocycles. The molecule has 0 spiro atoms. The van der Waals surface area contributed by atoms with Crippen molar-refractivity contribution in [1.82, 2.24) is 10.2 Å². The van der Waals surface area contributed by atoms with Gasteiger partial charge in [-0.25, -0.2) is 4.99 Å². The Morgan fingerprint density at radius 3 is 2.48 bits per heavy atom. The van der Waals surface area contributed by atoms with E-state index in [0.29, 0.717) is 17.2 Å². The summed E-state index contributed by atoms with van der Waals surface area (Å²) in [5.74, 6) is -0.0387. The lowest BCUT2D eigenvalue weighted by Crippen LogP contribution is -2.51. The van der Waals surface area contributed by atoms with E-state index in [0.717, 1.165) is 25.9 Å². The molecule has 0 radical (unpaired) electrons. The molecular weight excluding hydrogens is 320 g/mol. The Balaban J connectivity index is 1.69. The summed E-state index contributed by atoms with van der Waals surface area (Å²) in [6.07, 6.45) is 3.34. The van der Waals surface area contributed by atoms with Gasteiger partial charge < -0.3 is 10.2 Å². The number of amides is 2. The summed E-state index contributed by atoms with van der Waals surface area (Å²) in [6.45, 7) is 3.19. The van der Waals surface area contributed by atoms with Gasteiger partial charge in [-0.3, -0.25) is 19.7 Å². The van der Waals surface area contributed by atoms with Gasteiger partial charge in [0.15, 0.2) is 5.78 Å². The molecule has 2 amide bonds. The van der Waals surface area contributed by atoms with E-state index < -0.39 is 6.04 Å². The Morgan fingerprint density at radius 1 is 1.16 bits per heavy atom. The first-order valence-corrected chi connectivity index (χ1v) is 8.57. The maximum absolute atomic E-state index is 12.5. The van der Waals surface area contributed by atoms with Gasteiger partial charge in [-0.1, -0.05) is 0 Å². The summed E-state index contributed by atoms with van der Waals surface area (Å²) >= 11 is 0. The zero-order valence-corrected chi connectivity index (χ0v) is 14.2. The van der Waals surface area contributed by atoms with Crippen molar-refractivity contribution in [3.8, 4) is 0 Å². The van der Waals surface area contributed by atoms with E-state index >= 15 is 0 Å². The molecule has 2 aliphatic rings. The van der Waals surface area contributed by atoms with Gasteiger partial charge in [0.2, 0.25) is 17.8 Å². The molecule has 1 saturated heterocycles. The maximum Gasteiger partial charge on any atom is 0.249 e. The van der Waals surface area contributed by atoms with Gasteiger partial charge in [-0.05, 0) is 50.5 Å². The van der Waals surface area contributed by atoms with Crippen molar-refractivity contribution in [3.05, 3.63) is 29.8 Å². The molecule has 1 atom stereocenters. The molecule has 7 heteroatoms. The Labute approximate surface area is 146 Å². The van der Waals surface area contributed by atoms with Crippen LogP contribution in [-0.2, 0) is 9.59 Å². The van der Waals surface area contributed by atoms with Crippen LogP contribution in [0.2, 0.25) is 0 Å². The molecule has 3 rings (SSSR count). The second kappa shape index (κ2) is 7.46. The first-order valence-electron chi connectivity index (χ1n) is 8.57. The van der Waals surface area contributed by atoms with E-state index in [9.17, 15) is 14.4 Å². The largest absolute Gasteiger partial charge is 0.343 e. The maximum atomic E-state index is 12.5. The van der Waals surface area contributed by atoms with Gasteiger partial charge in [0.05, 0.1) is 6.42 Å². The number of ketones is 1. The second-order valence-corrected chi connectivity index (χ2v) is 6.39. The van der Waals surface area contributed by atoms with E-state index in [-0.39, 0.29) is 24.0 Å². The highest BCUT2D eigenvalue weighted by molar-refractivity contribution is 6.06. The number of hydrogen-bond acceptors (Lipinski definition) is 5. The molecule has 1 fully saturated rings. The predicted molar refractivity (Wildman–Crippen MR) is 94.5 cm³/mol. The molecule has 0 unspecified atom stereocenters. The van der Waals surface area contributed by atoms with Crippen LogP contribution in [0.5, 0.6) is 0 Å². The Morgan fingerprint density at radius 2 is 1.84 bits per heavy atom. The summed E-state index contributed by atoms with van der Waals surface area (Å²) < 4.78 is 0. The van der Waals surface area contributed by atoms with Crippen LogP contribution >= 0.6 is 0 Å². The fourth-order valence-corrected chi connectivity index (χ4v) is 3.01. The Hall–Kier alpha value is -2.70. The number of guanidine groups is 1. The van der Waals surface area contributed by atoms with Crippen LogP contribution in [0.3, 0.4) is 0 Å². The van der Waals surface area contributed by atoms with Gasteiger partial charge in [0.1, 0.15) is 6.04 Å². The number of benzene rings is 1. The molecule has 25 heavy (non-hydrogen) atoms. The minimum atomic E-state index is -0.738. The van der Waals surface area contributed by atoms with Crippen molar-refractivity contribution in [2.24, 2.45) is 4.99 Å². The first-order chi connectivity index (χ1) is 12.0. The SMILES string of the molecule is CC(=O)c1ccc(NC(=O)[C@H]2CC(=O)NC(N3CCCCC3)=N2)cc1.